The third-order valence-corrected chi connectivity index (χ3v) is 5.96. The van der Waals surface area contributed by atoms with Gasteiger partial charge in [-0.05, 0) is 41.8 Å². The minimum Gasteiger partial charge on any atom is -0.493 e. The molecule has 0 atom stereocenters. The lowest BCUT2D eigenvalue weighted by Crippen LogP contribution is -2.22. The highest BCUT2D eigenvalue weighted by Gasteiger charge is 2.21. The number of nitrogens with zero attached hydrogens (tertiary/aromatic N) is 4. The summed E-state index contributed by atoms with van der Waals surface area (Å²) in [5.74, 6) is 1.31. The number of fused-ring (bicyclic) bond motifs is 1. The number of benzene rings is 2. The minimum absolute atomic E-state index is 0.0416. The molecule has 0 spiro atoms. The van der Waals surface area contributed by atoms with E-state index in [1.54, 1.807) is 24.5 Å². The standard InChI is InChI=1S/C28H26N4O3/c1-34-26-17-22-21(12-14-30-24(22)18-27(26)35-19-20-8-3-2-4-9-20)16-25(23-10-5-6-13-29-23)31-32-15-7-11-28(32)33/h2-6,8-10,12-14,17-18H,7,11,15-16,19H2,1H3. The molecule has 7 nitrogen and oxygen atoms in total. The van der Waals surface area contributed by atoms with Gasteiger partial charge in [0.1, 0.15) is 6.61 Å². The first-order chi connectivity index (χ1) is 17.2. The lowest BCUT2D eigenvalue weighted by Gasteiger charge is -2.15. The van der Waals surface area contributed by atoms with Crippen molar-refractivity contribution >= 4 is 22.5 Å². The van der Waals surface area contributed by atoms with E-state index in [0.717, 1.165) is 39.9 Å². The summed E-state index contributed by atoms with van der Waals surface area (Å²) in [6, 6.07) is 21.5. The summed E-state index contributed by atoms with van der Waals surface area (Å²) >= 11 is 0. The van der Waals surface area contributed by atoms with Crippen LogP contribution in [0.15, 0.2) is 84.2 Å². The maximum atomic E-state index is 12.2. The molecule has 0 bridgehead atoms. The van der Waals surface area contributed by atoms with Crippen LogP contribution in [0.5, 0.6) is 11.5 Å². The fourth-order valence-corrected chi connectivity index (χ4v) is 4.15. The number of methoxy groups -OCH3 is 1. The Morgan fingerprint density at radius 2 is 1.86 bits per heavy atom. The number of rotatable bonds is 8. The maximum Gasteiger partial charge on any atom is 0.242 e. The summed E-state index contributed by atoms with van der Waals surface area (Å²) in [7, 11) is 1.63. The molecule has 0 N–H and O–H groups in total. The number of hydrazone groups is 1. The van der Waals surface area contributed by atoms with Crippen molar-refractivity contribution < 1.29 is 14.3 Å². The van der Waals surface area contributed by atoms with Crippen molar-refractivity contribution in [1.29, 1.82) is 0 Å². The fraction of sp³-hybridized carbons (Fsp3) is 0.214. The number of ether oxygens (including phenoxy) is 2. The number of hydrogen-bond donors (Lipinski definition) is 0. The van der Waals surface area contributed by atoms with Crippen molar-refractivity contribution in [2.45, 2.75) is 25.9 Å². The van der Waals surface area contributed by atoms with Gasteiger partial charge in [0, 0.05) is 43.2 Å². The third kappa shape index (κ3) is 5.14. The van der Waals surface area contributed by atoms with E-state index in [-0.39, 0.29) is 5.91 Å². The molecule has 2 aromatic heterocycles. The van der Waals surface area contributed by atoms with Gasteiger partial charge in [-0.1, -0.05) is 36.4 Å². The van der Waals surface area contributed by atoms with E-state index < -0.39 is 0 Å². The van der Waals surface area contributed by atoms with Crippen molar-refractivity contribution in [1.82, 2.24) is 15.0 Å². The normalized spacial score (nSPS) is 13.9. The molecule has 1 aliphatic rings. The van der Waals surface area contributed by atoms with E-state index in [9.17, 15) is 4.79 Å². The van der Waals surface area contributed by atoms with Crippen molar-refractivity contribution in [3.8, 4) is 11.5 Å². The zero-order chi connectivity index (χ0) is 24.0. The molecule has 0 radical (unpaired) electrons. The Bertz CT molecular complexity index is 1360. The first kappa shape index (κ1) is 22.5. The van der Waals surface area contributed by atoms with Crippen LogP contribution in [-0.4, -0.2) is 40.3 Å². The Labute approximate surface area is 204 Å². The molecule has 4 aromatic rings. The Kier molecular flexibility index (Phi) is 6.66. The SMILES string of the molecule is COc1cc2c(CC(=NN3CCCC3=O)c3ccccn3)ccnc2cc1OCc1ccccc1. The second-order valence-electron chi connectivity index (χ2n) is 8.32. The van der Waals surface area contributed by atoms with Crippen LogP contribution in [-0.2, 0) is 17.8 Å². The zero-order valence-corrected chi connectivity index (χ0v) is 19.6. The van der Waals surface area contributed by atoms with Crippen molar-refractivity contribution in [3.63, 3.8) is 0 Å². The molecule has 1 amide bonds. The van der Waals surface area contributed by atoms with Crippen LogP contribution in [0.25, 0.3) is 10.9 Å². The zero-order valence-electron chi connectivity index (χ0n) is 19.6. The van der Waals surface area contributed by atoms with Crippen LogP contribution in [0.1, 0.15) is 29.7 Å². The van der Waals surface area contributed by atoms with Crippen molar-refractivity contribution in [3.05, 3.63) is 95.9 Å². The summed E-state index contributed by atoms with van der Waals surface area (Å²) in [5, 5.41) is 7.21. The molecule has 1 aliphatic heterocycles. The average molecular weight is 467 g/mol. The summed E-state index contributed by atoms with van der Waals surface area (Å²) in [5.41, 5.74) is 4.36. The van der Waals surface area contributed by atoms with Crippen LogP contribution >= 0.6 is 0 Å². The van der Waals surface area contributed by atoms with Gasteiger partial charge in [-0.15, -0.1) is 0 Å². The van der Waals surface area contributed by atoms with E-state index in [2.05, 4.69) is 9.97 Å². The largest absolute Gasteiger partial charge is 0.493 e. The average Bonchev–Trinajstić information content (AvgIpc) is 3.31. The highest BCUT2D eigenvalue weighted by atomic mass is 16.5. The van der Waals surface area contributed by atoms with Gasteiger partial charge in [0.25, 0.3) is 0 Å². The van der Waals surface area contributed by atoms with Crippen LogP contribution < -0.4 is 9.47 Å². The number of aromatic nitrogens is 2. The Morgan fingerprint density at radius 3 is 2.60 bits per heavy atom. The van der Waals surface area contributed by atoms with Crippen molar-refractivity contribution in [2.24, 2.45) is 5.10 Å². The molecule has 1 saturated heterocycles. The number of hydrogen-bond acceptors (Lipinski definition) is 6. The van der Waals surface area contributed by atoms with Crippen LogP contribution in [0.2, 0.25) is 0 Å². The highest BCUT2D eigenvalue weighted by Crippen LogP contribution is 2.34. The second kappa shape index (κ2) is 10.3. The lowest BCUT2D eigenvalue weighted by molar-refractivity contribution is -0.127. The Morgan fingerprint density at radius 1 is 1.00 bits per heavy atom. The van der Waals surface area contributed by atoms with E-state index in [1.807, 2.05) is 66.7 Å². The third-order valence-electron chi connectivity index (χ3n) is 5.96. The molecule has 1 fully saturated rings. The van der Waals surface area contributed by atoms with Gasteiger partial charge in [-0.25, -0.2) is 5.01 Å². The number of pyridine rings is 2. The highest BCUT2D eigenvalue weighted by molar-refractivity contribution is 6.03. The Hall–Kier alpha value is -4.26. The van der Waals surface area contributed by atoms with E-state index in [1.165, 1.54) is 0 Å². The van der Waals surface area contributed by atoms with Gasteiger partial charge in [-0.3, -0.25) is 14.8 Å². The van der Waals surface area contributed by atoms with E-state index in [4.69, 9.17) is 14.6 Å². The maximum absolute atomic E-state index is 12.2. The summed E-state index contributed by atoms with van der Waals surface area (Å²) in [6.45, 7) is 1.06. The second-order valence-corrected chi connectivity index (χ2v) is 8.32. The molecule has 0 saturated carbocycles. The monoisotopic (exact) mass is 466 g/mol. The van der Waals surface area contributed by atoms with Crippen LogP contribution in [0.4, 0.5) is 0 Å². The lowest BCUT2D eigenvalue weighted by atomic mass is 10.0. The summed E-state index contributed by atoms with van der Waals surface area (Å²) in [4.78, 5) is 21.3. The predicted octanol–water partition coefficient (Wildman–Crippen LogP) is 4.79. The molecule has 7 heteroatoms. The number of carbonyl (C=O) groups excluding carboxylic acids is 1. The summed E-state index contributed by atoms with van der Waals surface area (Å²) in [6.07, 6.45) is 5.36. The fourth-order valence-electron chi connectivity index (χ4n) is 4.15. The first-order valence-corrected chi connectivity index (χ1v) is 11.6. The van der Waals surface area contributed by atoms with Gasteiger partial charge in [0.05, 0.1) is 24.0 Å². The quantitative estimate of drug-likeness (QED) is 0.349. The minimum atomic E-state index is 0.0416. The van der Waals surface area contributed by atoms with E-state index >= 15 is 0 Å². The molecule has 176 valence electrons. The molecule has 0 aliphatic carbocycles. The molecule has 2 aromatic carbocycles. The molecule has 5 rings (SSSR count). The molecular weight excluding hydrogens is 440 g/mol. The van der Waals surface area contributed by atoms with Gasteiger partial charge >= 0.3 is 0 Å². The topological polar surface area (TPSA) is 76.9 Å². The first-order valence-electron chi connectivity index (χ1n) is 11.6. The van der Waals surface area contributed by atoms with Gasteiger partial charge in [0.15, 0.2) is 11.5 Å². The number of carbonyl (C=O) groups is 1. The van der Waals surface area contributed by atoms with Gasteiger partial charge in [0.2, 0.25) is 5.91 Å². The van der Waals surface area contributed by atoms with E-state index in [0.29, 0.717) is 37.5 Å². The molecule has 3 heterocycles. The number of amides is 1. The van der Waals surface area contributed by atoms with Crippen LogP contribution in [0, 0.1) is 0 Å². The molecule has 35 heavy (non-hydrogen) atoms. The van der Waals surface area contributed by atoms with Crippen LogP contribution in [0.3, 0.4) is 0 Å². The Balaban J connectivity index is 1.49. The van der Waals surface area contributed by atoms with Crippen molar-refractivity contribution in [2.75, 3.05) is 13.7 Å². The van der Waals surface area contributed by atoms with Gasteiger partial charge in [-0.2, -0.15) is 5.10 Å². The summed E-state index contributed by atoms with van der Waals surface area (Å²) < 4.78 is 11.7. The molecule has 0 unspecified atom stereocenters. The smallest absolute Gasteiger partial charge is 0.242 e. The van der Waals surface area contributed by atoms with Gasteiger partial charge < -0.3 is 9.47 Å². The predicted molar refractivity (Wildman–Crippen MR) is 134 cm³/mol. The molecular formula is C28H26N4O3.